The zero-order chi connectivity index (χ0) is 30.6. The minimum atomic E-state index is -0.736. The van der Waals surface area contributed by atoms with Gasteiger partial charge < -0.3 is 29.8 Å². The summed E-state index contributed by atoms with van der Waals surface area (Å²) in [7, 11) is 5.82. The van der Waals surface area contributed by atoms with E-state index in [-0.39, 0.29) is 12.2 Å². The molecule has 0 aliphatic carbocycles. The second kappa shape index (κ2) is 13.7. The molecule has 2 aliphatic rings. The number of carbonyl (C=O) groups is 2. The molecular formula is C34H47N5O3. The normalized spacial score (nSPS) is 14.9. The van der Waals surface area contributed by atoms with Gasteiger partial charge in [0.15, 0.2) is 0 Å². The lowest BCUT2D eigenvalue weighted by molar-refractivity contribution is -0.137. The average molecular weight is 574 g/mol. The highest BCUT2D eigenvalue weighted by molar-refractivity contribution is 5.87. The molecule has 4 heterocycles. The molecule has 0 radical (unpaired) electrons. The Bertz CT molecular complexity index is 1460. The number of likely N-dealkylation sites (N-methyl/N-ethyl adjacent to an activating group) is 2. The molecule has 2 aliphatic heterocycles. The Labute approximate surface area is 249 Å². The summed E-state index contributed by atoms with van der Waals surface area (Å²) in [5, 5.41) is 11.6. The third-order valence-electron chi connectivity index (χ3n) is 8.44. The number of carboxylic acids is 1. The quantitative estimate of drug-likeness (QED) is 0.341. The average Bonchev–Trinajstić information content (AvgIpc) is 3.42. The smallest absolute Gasteiger partial charge is 0.305 e. The largest absolute Gasteiger partial charge is 0.481 e. The van der Waals surface area contributed by atoms with Crippen LogP contribution in [-0.4, -0.2) is 70.0 Å². The van der Waals surface area contributed by atoms with Crippen LogP contribution in [0, 0.1) is 13.8 Å². The number of rotatable bonds is 6. The van der Waals surface area contributed by atoms with Crippen LogP contribution in [0.3, 0.4) is 0 Å². The Kier molecular flexibility index (Phi) is 10.2. The van der Waals surface area contributed by atoms with Crippen LogP contribution < -0.4 is 5.73 Å². The number of fused-ring (bicyclic) bond motifs is 6. The molecule has 2 aromatic heterocycles. The Morgan fingerprint density at radius 1 is 0.762 bits per heavy atom. The maximum atomic E-state index is 11.3. The molecule has 2 aromatic carbocycles. The number of hydrogen-bond acceptors (Lipinski definition) is 5. The summed E-state index contributed by atoms with van der Waals surface area (Å²) in [4.78, 5) is 26.9. The second-order valence-corrected chi connectivity index (χ2v) is 11.8. The summed E-state index contributed by atoms with van der Waals surface area (Å²) in [6, 6.07) is 13.1. The summed E-state index contributed by atoms with van der Waals surface area (Å²) in [5.74, 6) is -0.471. The predicted octanol–water partition coefficient (Wildman–Crippen LogP) is 4.90. The summed E-state index contributed by atoms with van der Waals surface area (Å²) >= 11 is 0. The van der Waals surface area contributed by atoms with Crippen molar-refractivity contribution in [3.8, 4) is 0 Å². The molecule has 6 rings (SSSR count). The molecule has 0 saturated carbocycles. The number of benzene rings is 2. The van der Waals surface area contributed by atoms with Gasteiger partial charge in [-0.15, -0.1) is 0 Å². The minimum absolute atomic E-state index is 0.180. The van der Waals surface area contributed by atoms with E-state index >= 15 is 0 Å². The fourth-order valence-corrected chi connectivity index (χ4v) is 6.38. The monoisotopic (exact) mass is 573 g/mol. The number of aromatic nitrogens is 2. The van der Waals surface area contributed by atoms with Gasteiger partial charge >= 0.3 is 5.97 Å². The molecule has 0 unspecified atom stereocenters. The molecule has 8 nitrogen and oxygen atoms in total. The molecule has 0 saturated heterocycles. The highest BCUT2D eigenvalue weighted by atomic mass is 16.4. The van der Waals surface area contributed by atoms with Crippen molar-refractivity contribution in [2.24, 2.45) is 5.73 Å². The van der Waals surface area contributed by atoms with E-state index < -0.39 is 5.97 Å². The first kappa shape index (κ1) is 31.5. The van der Waals surface area contributed by atoms with Gasteiger partial charge in [-0.2, -0.15) is 0 Å². The number of carbonyl (C=O) groups excluding carboxylic acids is 1. The summed E-state index contributed by atoms with van der Waals surface area (Å²) in [5.41, 5.74) is 15.1. The Hall–Kier alpha value is -3.46. The van der Waals surface area contributed by atoms with Gasteiger partial charge in [0.2, 0.25) is 0 Å². The van der Waals surface area contributed by atoms with Crippen LogP contribution in [0.15, 0.2) is 36.4 Å². The fourth-order valence-electron chi connectivity index (χ4n) is 6.38. The van der Waals surface area contributed by atoms with Gasteiger partial charge in [0.1, 0.15) is 5.78 Å². The number of nitrogens with two attached hydrogens (primary N) is 1. The van der Waals surface area contributed by atoms with Gasteiger partial charge in [0.05, 0.1) is 6.42 Å². The van der Waals surface area contributed by atoms with Crippen LogP contribution in [0.4, 0.5) is 0 Å². The van der Waals surface area contributed by atoms with Crippen LogP contribution in [-0.2, 0) is 48.6 Å². The zero-order valence-corrected chi connectivity index (χ0v) is 26.2. The van der Waals surface area contributed by atoms with Crippen molar-refractivity contribution in [2.45, 2.75) is 72.6 Å². The molecule has 3 N–H and O–H groups in total. The summed E-state index contributed by atoms with van der Waals surface area (Å²) in [6.45, 7) is 11.4. The molecule has 8 heteroatoms. The van der Waals surface area contributed by atoms with Crippen molar-refractivity contribution < 1.29 is 14.7 Å². The van der Waals surface area contributed by atoms with Crippen LogP contribution in [0.25, 0.3) is 21.8 Å². The van der Waals surface area contributed by atoms with Crippen molar-refractivity contribution in [1.29, 1.82) is 0 Å². The van der Waals surface area contributed by atoms with Crippen molar-refractivity contribution in [2.75, 3.05) is 34.2 Å². The Balaban J connectivity index is 0.000000182. The van der Waals surface area contributed by atoms with E-state index in [1.165, 1.54) is 62.5 Å². The van der Waals surface area contributed by atoms with Crippen LogP contribution in [0.5, 0.6) is 0 Å². The van der Waals surface area contributed by atoms with Crippen LogP contribution in [0.1, 0.15) is 53.4 Å². The molecule has 0 bridgehead atoms. The van der Waals surface area contributed by atoms with E-state index in [2.05, 4.69) is 89.0 Å². The first-order valence-electron chi connectivity index (χ1n) is 15.0. The fraction of sp³-hybridized carbons (Fsp3) is 0.471. The number of aliphatic carboxylic acids is 1. The van der Waals surface area contributed by atoms with Gasteiger partial charge in [-0.05, 0) is 77.3 Å². The molecule has 226 valence electrons. The molecule has 4 aromatic rings. The van der Waals surface area contributed by atoms with Gasteiger partial charge in [-0.25, -0.2) is 0 Å². The number of Topliss-reactive ketones (excluding diaryl/α,β-unsaturated/α-hetero) is 1. The zero-order valence-electron chi connectivity index (χ0n) is 26.2. The van der Waals surface area contributed by atoms with E-state index in [1.807, 2.05) is 0 Å². The van der Waals surface area contributed by atoms with Gasteiger partial charge in [0, 0.05) is 91.7 Å². The SMILES string of the molecule is CC(=O)CCn1c2c(c3cc(C)ccc31)CN(C)CC2.CN.Cc1ccc2c(c1)c1c(n2CCC(=O)O)CCN(C)C1. The van der Waals surface area contributed by atoms with E-state index in [0.717, 1.165) is 45.6 Å². The highest BCUT2D eigenvalue weighted by Gasteiger charge is 2.23. The Morgan fingerprint density at radius 3 is 1.60 bits per heavy atom. The van der Waals surface area contributed by atoms with E-state index in [4.69, 9.17) is 5.11 Å². The maximum absolute atomic E-state index is 11.3. The molecular weight excluding hydrogens is 526 g/mol. The van der Waals surface area contributed by atoms with Crippen LogP contribution in [0.2, 0.25) is 0 Å². The van der Waals surface area contributed by atoms with Gasteiger partial charge in [-0.1, -0.05) is 23.3 Å². The summed E-state index contributed by atoms with van der Waals surface area (Å²) in [6.07, 6.45) is 2.89. The number of carboxylic acid groups (broad SMARTS) is 1. The maximum Gasteiger partial charge on any atom is 0.305 e. The van der Waals surface area contributed by atoms with Crippen molar-refractivity contribution in [1.82, 2.24) is 18.9 Å². The molecule has 0 fully saturated rings. The third-order valence-corrected chi connectivity index (χ3v) is 8.44. The number of ketones is 1. The molecule has 0 spiro atoms. The van der Waals surface area contributed by atoms with E-state index in [9.17, 15) is 9.59 Å². The molecule has 0 amide bonds. The van der Waals surface area contributed by atoms with Crippen molar-refractivity contribution in [3.63, 3.8) is 0 Å². The third kappa shape index (κ3) is 6.77. The number of hydrogen-bond donors (Lipinski definition) is 2. The van der Waals surface area contributed by atoms with E-state index in [1.54, 1.807) is 6.92 Å². The lowest BCUT2D eigenvalue weighted by atomic mass is 10.0. The predicted molar refractivity (Wildman–Crippen MR) is 171 cm³/mol. The Morgan fingerprint density at radius 2 is 1.19 bits per heavy atom. The highest BCUT2D eigenvalue weighted by Crippen LogP contribution is 2.33. The van der Waals surface area contributed by atoms with Crippen molar-refractivity contribution >= 4 is 33.6 Å². The lowest BCUT2D eigenvalue weighted by Crippen LogP contribution is -2.27. The lowest BCUT2D eigenvalue weighted by Gasteiger charge is -2.24. The van der Waals surface area contributed by atoms with Crippen molar-refractivity contribution in [3.05, 3.63) is 70.0 Å². The minimum Gasteiger partial charge on any atom is -0.481 e. The summed E-state index contributed by atoms with van der Waals surface area (Å²) < 4.78 is 4.59. The number of aryl methyl sites for hydroxylation is 4. The van der Waals surface area contributed by atoms with E-state index in [0.29, 0.717) is 13.0 Å². The second-order valence-electron chi connectivity index (χ2n) is 11.8. The topological polar surface area (TPSA) is 96.7 Å². The standard InChI is InChI=1S/C17H22N2O.C16H20N2O2.CH5N/c1-12-4-5-16-14(10-12)15-11-18(3)8-7-17(15)19(16)9-6-13(2)20;1-11-3-4-14-12(9-11)13-10-17(2)7-5-15(13)18(14)8-6-16(19)20;1-2/h4-5,10H,6-9,11H2,1-3H3;3-4,9H,5-8,10H2,1-2H3,(H,19,20);2H2,1H3. The van der Waals surface area contributed by atoms with Gasteiger partial charge in [-0.3, -0.25) is 9.59 Å². The first-order valence-corrected chi connectivity index (χ1v) is 15.0. The van der Waals surface area contributed by atoms with Gasteiger partial charge in [0.25, 0.3) is 0 Å². The molecule has 42 heavy (non-hydrogen) atoms. The molecule has 0 atom stereocenters. The number of nitrogens with zero attached hydrogens (tertiary/aromatic N) is 4. The van der Waals surface area contributed by atoms with Crippen LogP contribution >= 0.6 is 0 Å². The first-order chi connectivity index (χ1) is 20.1.